The molecule has 0 radical (unpaired) electrons. The number of hydrogen-bond donors (Lipinski definition) is 1. The molecule has 3 rings (SSSR count). The molecule has 8 heteroatoms. The number of benzene rings is 1. The van der Waals surface area contributed by atoms with E-state index in [1.54, 1.807) is 27.0 Å². The molecule has 2 heterocycles. The van der Waals surface area contributed by atoms with E-state index in [0.29, 0.717) is 11.5 Å². The van der Waals surface area contributed by atoms with Crippen molar-refractivity contribution in [3.63, 3.8) is 0 Å². The normalized spacial score (nSPS) is 19.8. The number of rotatable bonds is 2. The quantitative estimate of drug-likeness (QED) is 0.664. The summed E-state index contributed by atoms with van der Waals surface area (Å²) in [6.45, 7) is 5.16. The highest BCUT2D eigenvalue weighted by Crippen LogP contribution is 2.40. The Morgan fingerprint density at radius 1 is 1.33 bits per heavy atom. The summed E-state index contributed by atoms with van der Waals surface area (Å²) in [4.78, 5) is 21.3. The van der Waals surface area contributed by atoms with Crippen molar-refractivity contribution in [2.75, 3.05) is 6.54 Å². The molecule has 0 saturated carbocycles. The van der Waals surface area contributed by atoms with Gasteiger partial charge in [0.1, 0.15) is 11.4 Å². The Hall–Kier alpha value is -1.96. The molecule has 27 heavy (non-hydrogen) atoms. The Kier molecular flexibility index (Phi) is 5.29. The second-order valence-corrected chi connectivity index (χ2v) is 8.60. The molecular formula is C19H22BrF2N3O2. The van der Waals surface area contributed by atoms with Gasteiger partial charge in [-0.1, -0.05) is 28.1 Å². The number of carbonyl (C=O) groups excluding carboxylic acids is 1. The number of nitrogens with zero attached hydrogens (tertiary/aromatic N) is 2. The number of ether oxygens (including phenoxy) is 1. The smallest absolute Gasteiger partial charge is 0.410 e. The average Bonchev–Trinajstić information content (AvgIpc) is 3.02. The van der Waals surface area contributed by atoms with E-state index in [-0.39, 0.29) is 13.0 Å². The van der Waals surface area contributed by atoms with Crippen LogP contribution in [0.15, 0.2) is 34.9 Å². The van der Waals surface area contributed by atoms with Gasteiger partial charge >= 0.3 is 6.09 Å². The molecule has 1 fully saturated rings. The Bertz CT molecular complexity index is 815. The van der Waals surface area contributed by atoms with E-state index in [2.05, 4.69) is 25.9 Å². The number of hydrogen-bond acceptors (Lipinski definition) is 3. The fourth-order valence-corrected chi connectivity index (χ4v) is 3.26. The molecule has 1 aliphatic rings. The molecule has 2 aromatic rings. The van der Waals surface area contributed by atoms with Gasteiger partial charge in [0.2, 0.25) is 0 Å². The molecule has 1 N–H and O–H groups in total. The lowest BCUT2D eigenvalue weighted by molar-refractivity contribution is -0.0822. The van der Waals surface area contributed by atoms with Crippen LogP contribution < -0.4 is 0 Å². The zero-order valence-electron chi connectivity index (χ0n) is 15.4. The number of aromatic amines is 1. The van der Waals surface area contributed by atoms with E-state index >= 15 is 0 Å². The molecule has 0 bridgehead atoms. The summed E-state index contributed by atoms with van der Waals surface area (Å²) in [5, 5.41) is 0. The van der Waals surface area contributed by atoms with E-state index in [4.69, 9.17) is 4.74 Å². The topological polar surface area (TPSA) is 58.2 Å². The van der Waals surface area contributed by atoms with Gasteiger partial charge in [-0.05, 0) is 38.5 Å². The zero-order valence-corrected chi connectivity index (χ0v) is 17.0. The molecule has 0 spiro atoms. The van der Waals surface area contributed by atoms with Crippen molar-refractivity contribution in [3.8, 4) is 11.3 Å². The zero-order chi connectivity index (χ0) is 19.8. The van der Waals surface area contributed by atoms with Crippen molar-refractivity contribution in [1.82, 2.24) is 14.9 Å². The number of piperidine rings is 1. The van der Waals surface area contributed by atoms with Crippen LogP contribution in [0.3, 0.4) is 0 Å². The first kappa shape index (κ1) is 19.8. The molecule has 1 aromatic heterocycles. The fraction of sp³-hybridized carbons (Fsp3) is 0.474. The Morgan fingerprint density at radius 2 is 2.00 bits per heavy atom. The minimum Gasteiger partial charge on any atom is -0.444 e. The lowest BCUT2D eigenvalue weighted by Crippen LogP contribution is -2.47. The van der Waals surface area contributed by atoms with E-state index in [9.17, 15) is 13.6 Å². The SMILES string of the molecule is CC(C)(C)OC(=O)N1CCC(F)(F)C[C@H]1c1ncc(-c2ccc(Br)cc2)[nH]1. The van der Waals surface area contributed by atoms with Gasteiger partial charge < -0.3 is 9.72 Å². The monoisotopic (exact) mass is 441 g/mol. The highest BCUT2D eigenvalue weighted by molar-refractivity contribution is 9.10. The number of halogens is 3. The van der Waals surface area contributed by atoms with Crippen LogP contribution >= 0.6 is 15.9 Å². The fourth-order valence-electron chi connectivity index (χ4n) is 3.00. The molecule has 1 amide bonds. The molecule has 0 unspecified atom stereocenters. The van der Waals surface area contributed by atoms with E-state index in [1.807, 2.05) is 24.3 Å². The summed E-state index contributed by atoms with van der Waals surface area (Å²) in [7, 11) is 0. The summed E-state index contributed by atoms with van der Waals surface area (Å²) < 4.78 is 34.5. The highest BCUT2D eigenvalue weighted by Gasteiger charge is 2.45. The molecule has 1 aromatic carbocycles. The van der Waals surface area contributed by atoms with Gasteiger partial charge in [-0.2, -0.15) is 0 Å². The number of nitrogens with one attached hydrogen (secondary N) is 1. The largest absolute Gasteiger partial charge is 0.444 e. The number of likely N-dealkylation sites (tertiary alicyclic amines) is 1. The van der Waals surface area contributed by atoms with Crippen LogP contribution in [0.25, 0.3) is 11.3 Å². The van der Waals surface area contributed by atoms with Gasteiger partial charge in [0.15, 0.2) is 0 Å². The third kappa shape index (κ3) is 4.86. The molecule has 0 aliphatic carbocycles. The first-order valence-corrected chi connectivity index (χ1v) is 9.52. The first-order valence-electron chi connectivity index (χ1n) is 8.72. The Morgan fingerprint density at radius 3 is 2.63 bits per heavy atom. The average molecular weight is 442 g/mol. The van der Waals surface area contributed by atoms with Crippen molar-refractivity contribution in [2.45, 2.75) is 51.2 Å². The molecular weight excluding hydrogens is 420 g/mol. The number of alkyl halides is 2. The Balaban J connectivity index is 1.88. The molecule has 1 aliphatic heterocycles. The number of H-pyrrole nitrogens is 1. The van der Waals surface area contributed by atoms with Crippen LogP contribution in [0.1, 0.15) is 45.5 Å². The predicted octanol–water partition coefficient (Wildman–Crippen LogP) is 5.55. The van der Waals surface area contributed by atoms with Crippen LogP contribution in [0.4, 0.5) is 13.6 Å². The number of amides is 1. The molecule has 5 nitrogen and oxygen atoms in total. The highest BCUT2D eigenvalue weighted by atomic mass is 79.9. The van der Waals surface area contributed by atoms with Gasteiger partial charge in [-0.15, -0.1) is 0 Å². The summed E-state index contributed by atoms with van der Waals surface area (Å²) in [6, 6.07) is 6.69. The van der Waals surface area contributed by atoms with Gasteiger partial charge in [-0.3, -0.25) is 4.90 Å². The lowest BCUT2D eigenvalue weighted by atomic mass is 9.98. The van der Waals surface area contributed by atoms with Crippen molar-refractivity contribution in [1.29, 1.82) is 0 Å². The maximum atomic E-state index is 14.1. The molecule has 146 valence electrons. The first-order chi connectivity index (χ1) is 12.5. The third-order valence-corrected chi connectivity index (χ3v) is 4.81. The minimum absolute atomic E-state index is 0.0824. The van der Waals surface area contributed by atoms with Gasteiger partial charge in [-0.25, -0.2) is 18.6 Å². The summed E-state index contributed by atoms with van der Waals surface area (Å²) in [5.41, 5.74) is 0.881. The van der Waals surface area contributed by atoms with Crippen LogP contribution in [0.5, 0.6) is 0 Å². The maximum Gasteiger partial charge on any atom is 0.410 e. The van der Waals surface area contributed by atoms with Crippen LogP contribution in [0.2, 0.25) is 0 Å². The number of carbonyl (C=O) groups is 1. The maximum absolute atomic E-state index is 14.1. The minimum atomic E-state index is -2.85. The van der Waals surface area contributed by atoms with Crippen LogP contribution in [0, 0.1) is 0 Å². The van der Waals surface area contributed by atoms with Crippen molar-refractivity contribution in [2.24, 2.45) is 0 Å². The van der Waals surface area contributed by atoms with Crippen molar-refractivity contribution < 1.29 is 18.3 Å². The van der Waals surface area contributed by atoms with Crippen LogP contribution in [-0.2, 0) is 4.74 Å². The summed E-state index contributed by atoms with van der Waals surface area (Å²) in [5.74, 6) is -2.52. The summed E-state index contributed by atoms with van der Waals surface area (Å²) >= 11 is 3.38. The van der Waals surface area contributed by atoms with E-state index in [1.165, 1.54) is 4.90 Å². The second-order valence-electron chi connectivity index (χ2n) is 7.69. The van der Waals surface area contributed by atoms with Crippen molar-refractivity contribution >= 4 is 22.0 Å². The van der Waals surface area contributed by atoms with Gasteiger partial charge in [0, 0.05) is 23.9 Å². The molecule has 1 saturated heterocycles. The number of aromatic nitrogens is 2. The van der Waals surface area contributed by atoms with E-state index < -0.39 is 30.1 Å². The standard InChI is InChI=1S/C19H22BrF2N3O2/c1-18(2,3)27-17(26)25-9-8-19(21,22)10-15(25)16-23-11-14(24-16)12-4-6-13(20)7-5-12/h4-7,11,15H,8-10H2,1-3H3,(H,23,24)/t15-/m0/s1. The third-order valence-electron chi connectivity index (χ3n) is 4.28. The lowest BCUT2D eigenvalue weighted by Gasteiger charge is -2.38. The number of imidazole rings is 1. The predicted molar refractivity (Wildman–Crippen MR) is 102 cm³/mol. The molecule has 1 atom stereocenters. The second kappa shape index (κ2) is 7.22. The van der Waals surface area contributed by atoms with Gasteiger partial charge in [0.25, 0.3) is 5.92 Å². The van der Waals surface area contributed by atoms with Crippen LogP contribution in [-0.4, -0.2) is 39.0 Å². The summed E-state index contributed by atoms with van der Waals surface area (Å²) in [6.07, 6.45) is 0.116. The van der Waals surface area contributed by atoms with Crippen molar-refractivity contribution in [3.05, 3.63) is 40.8 Å². The van der Waals surface area contributed by atoms with Gasteiger partial charge in [0.05, 0.1) is 17.9 Å². The van der Waals surface area contributed by atoms with E-state index in [0.717, 1.165) is 10.0 Å². The Labute approximate surface area is 165 Å².